The number of aryl methyl sites for hydroxylation is 1. The lowest BCUT2D eigenvalue weighted by Gasteiger charge is -2.48. The molecule has 0 radical (unpaired) electrons. The third-order valence-corrected chi connectivity index (χ3v) is 15.8. The van der Waals surface area contributed by atoms with Crippen LogP contribution < -0.4 is 5.32 Å². The molecule has 3 aromatic carbocycles. The SMILES string of the molecule is COC(=O)/C(=C\C[C@]1(NC(=O)OCc2ccccc2)CCN(C(=O)N(C)[C@@H](C)c2cc(C(F)(F)F)cc(C(F)(F)F)c2)[C@@H](c2ccc(F)cc2C)C1)O[Si](C)(C)C(C)(C)C. The average molecular weight is 868 g/mol. The molecule has 60 heavy (non-hydrogen) atoms. The second-order valence-corrected chi connectivity index (χ2v) is 21.4. The minimum atomic E-state index is -5.10. The van der Waals surface area contributed by atoms with E-state index in [1.54, 1.807) is 37.3 Å². The van der Waals surface area contributed by atoms with Crippen molar-refractivity contribution in [1.82, 2.24) is 15.1 Å². The van der Waals surface area contributed by atoms with Crippen molar-refractivity contribution < 1.29 is 59.0 Å². The maximum absolute atomic E-state index is 14.5. The third kappa shape index (κ3) is 11.6. The van der Waals surface area contributed by atoms with Gasteiger partial charge < -0.3 is 29.0 Å². The van der Waals surface area contributed by atoms with E-state index in [0.717, 1.165) is 4.90 Å². The van der Waals surface area contributed by atoms with E-state index in [1.165, 1.54) is 50.3 Å². The number of halogens is 7. The Bertz CT molecular complexity index is 2020. The van der Waals surface area contributed by atoms with Crippen LogP contribution in [0.2, 0.25) is 18.1 Å². The van der Waals surface area contributed by atoms with Gasteiger partial charge in [0, 0.05) is 13.6 Å². The lowest BCUT2D eigenvalue weighted by Crippen LogP contribution is -2.58. The van der Waals surface area contributed by atoms with Crippen LogP contribution in [0, 0.1) is 12.7 Å². The molecule has 0 unspecified atom stereocenters. The maximum Gasteiger partial charge on any atom is 0.416 e. The van der Waals surface area contributed by atoms with Crippen molar-refractivity contribution in [2.75, 3.05) is 20.7 Å². The molecule has 1 fully saturated rings. The van der Waals surface area contributed by atoms with E-state index in [9.17, 15) is 45.1 Å². The Morgan fingerprint density at radius 2 is 1.57 bits per heavy atom. The maximum atomic E-state index is 14.5. The second-order valence-electron chi connectivity index (χ2n) is 16.7. The zero-order valence-corrected chi connectivity index (χ0v) is 36.1. The first kappa shape index (κ1) is 47.6. The zero-order valence-electron chi connectivity index (χ0n) is 35.1. The third-order valence-electron chi connectivity index (χ3n) is 11.4. The molecule has 0 aliphatic carbocycles. The highest BCUT2D eigenvalue weighted by Gasteiger charge is 2.46. The van der Waals surface area contributed by atoms with Gasteiger partial charge in [-0.2, -0.15) is 26.3 Å². The number of esters is 1. The smallest absolute Gasteiger partial charge is 0.416 e. The molecule has 1 aliphatic rings. The second kappa shape index (κ2) is 18.3. The first-order valence-electron chi connectivity index (χ1n) is 19.2. The van der Waals surface area contributed by atoms with Gasteiger partial charge in [0.25, 0.3) is 8.32 Å². The Hall–Kier alpha value is -5.06. The predicted octanol–water partition coefficient (Wildman–Crippen LogP) is 11.3. The molecule has 1 aliphatic heterocycles. The molecule has 0 saturated carbocycles. The van der Waals surface area contributed by atoms with Gasteiger partial charge in [-0.3, -0.25) is 0 Å². The van der Waals surface area contributed by atoms with Crippen molar-refractivity contribution in [3.8, 4) is 0 Å². The van der Waals surface area contributed by atoms with Crippen LogP contribution in [0.4, 0.5) is 40.3 Å². The van der Waals surface area contributed by atoms with Gasteiger partial charge in [-0.05, 0) is 110 Å². The summed E-state index contributed by atoms with van der Waals surface area (Å²) in [4.78, 5) is 43.7. The summed E-state index contributed by atoms with van der Waals surface area (Å²) in [7, 11) is -0.154. The minimum Gasteiger partial charge on any atom is -0.539 e. The van der Waals surface area contributed by atoms with E-state index in [-0.39, 0.29) is 49.3 Å². The molecule has 1 N–H and O–H groups in total. The molecule has 3 atom stereocenters. The number of amides is 3. The van der Waals surface area contributed by atoms with E-state index in [4.69, 9.17) is 13.9 Å². The highest BCUT2D eigenvalue weighted by molar-refractivity contribution is 6.74. The fraction of sp³-hybridized carbons (Fsp3) is 0.465. The van der Waals surface area contributed by atoms with Crippen LogP contribution in [0.1, 0.15) is 92.4 Å². The van der Waals surface area contributed by atoms with E-state index < -0.39 is 78.9 Å². The Balaban J connectivity index is 1.80. The number of alkyl halides is 6. The zero-order chi connectivity index (χ0) is 45.0. The monoisotopic (exact) mass is 867 g/mol. The quantitative estimate of drug-likeness (QED) is 0.0678. The first-order chi connectivity index (χ1) is 27.7. The Labute approximate surface area is 347 Å². The van der Waals surface area contributed by atoms with Crippen LogP contribution in [0.15, 0.2) is 78.6 Å². The van der Waals surface area contributed by atoms with E-state index in [1.807, 2.05) is 33.9 Å². The molecular formula is C43H52F7N3O6Si. The largest absolute Gasteiger partial charge is 0.539 e. The lowest BCUT2D eigenvalue weighted by atomic mass is 9.77. The summed E-state index contributed by atoms with van der Waals surface area (Å²) < 4.78 is 114. The molecule has 0 aromatic heterocycles. The van der Waals surface area contributed by atoms with Gasteiger partial charge in [0.15, 0.2) is 5.76 Å². The van der Waals surface area contributed by atoms with Gasteiger partial charge in [-0.15, -0.1) is 0 Å². The van der Waals surface area contributed by atoms with E-state index >= 15 is 0 Å². The molecule has 17 heteroatoms. The number of nitrogens with one attached hydrogen (secondary N) is 1. The topological polar surface area (TPSA) is 97.4 Å². The number of methoxy groups -OCH3 is 1. The standard InChI is InChI=1S/C43H52F7N3O6Si/c1-27-21-33(44)15-16-34(27)35-25-41(51-38(55)58-26-29-13-11-10-12-14-29,18-17-36(37(54)57-7)59-60(8,9)40(3,4)5)19-20-53(35)39(56)52(6)28(2)30-22-31(42(45,46)47)24-32(23-30)43(48,49)50/h10-17,21-24,28,35H,18-20,25-26H2,1-9H3,(H,51,55)/b36-17+/t28-,35+,41-/m0/s1. The van der Waals surface area contributed by atoms with Crippen LogP contribution in [-0.2, 0) is 37.7 Å². The number of hydrogen-bond acceptors (Lipinski definition) is 6. The number of carbonyl (C=O) groups excluding carboxylic acids is 3. The number of piperidine rings is 1. The molecule has 9 nitrogen and oxygen atoms in total. The summed E-state index contributed by atoms with van der Waals surface area (Å²) in [6.45, 7) is 12.6. The molecule has 328 valence electrons. The van der Waals surface area contributed by atoms with Crippen molar-refractivity contribution in [2.45, 2.75) is 109 Å². The number of nitrogens with zero attached hydrogens (tertiary/aromatic N) is 2. The van der Waals surface area contributed by atoms with Crippen LogP contribution in [0.25, 0.3) is 0 Å². The number of benzene rings is 3. The number of rotatable bonds is 11. The van der Waals surface area contributed by atoms with E-state index in [2.05, 4.69) is 5.32 Å². The molecule has 0 bridgehead atoms. The Morgan fingerprint density at radius 1 is 0.967 bits per heavy atom. The number of likely N-dealkylation sites (tertiary alicyclic amines) is 1. The summed E-state index contributed by atoms with van der Waals surface area (Å²) in [5.41, 5.74) is -3.12. The van der Waals surface area contributed by atoms with Crippen molar-refractivity contribution in [2.24, 2.45) is 0 Å². The number of carbonyl (C=O) groups is 3. The van der Waals surface area contributed by atoms with Crippen LogP contribution in [0.5, 0.6) is 0 Å². The number of urea groups is 1. The predicted molar refractivity (Wildman–Crippen MR) is 213 cm³/mol. The van der Waals surface area contributed by atoms with Gasteiger partial charge >= 0.3 is 30.4 Å². The Kier molecular flexibility index (Phi) is 14.5. The van der Waals surface area contributed by atoms with Crippen LogP contribution in [-0.4, -0.2) is 62.5 Å². The van der Waals surface area contributed by atoms with Gasteiger partial charge in [-0.1, -0.05) is 57.2 Å². The molecule has 1 heterocycles. The lowest BCUT2D eigenvalue weighted by molar-refractivity contribution is -0.143. The van der Waals surface area contributed by atoms with Gasteiger partial charge in [0.1, 0.15) is 12.4 Å². The Morgan fingerprint density at radius 3 is 2.10 bits per heavy atom. The van der Waals surface area contributed by atoms with Crippen LogP contribution >= 0.6 is 0 Å². The van der Waals surface area contributed by atoms with E-state index in [0.29, 0.717) is 28.8 Å². The minimum absolute atomic E-state index is 0.0187. The highest BCUT2D eigenvalue weighted by atomic mass is 28.4. The van der Waals surface area contributed by atoms with Gasteiger partial charge in [-0.25, -0.2) is 18.8 Å². The summed E-state index contributed by atoms with van der Waals surface area (Å²) in [5.74, 6) is -1.40. The molecule has 4 rings (SSSR count). The molecular weight excluding hydrogens is 816 g/mol. The number of ether oxygens (including phenoxy) is 2. The van der Waals surface area contributed by atoms with Crippen molar-refractivity contribution in [1.29, 1.82) is 0 Å². The first-order valence-corrected chi connectivity index (χ1v) is 22.1. The van der Waals surface area contributed by atoms with Crippen molar-refractivity contribution in [3.05, 3.63) is 118 Å². The molecule has 3 aromatic rings. The average Bonchev–Trinajstić information content (AvgIpc) is 3.16. The van der Waals surface area contributed by atoms with Gasteiger partial charge in [0.2, 0.25) is 0 Å². The van der Waals surface area contributed by atoms with Crippen LogP contribution in [0.3, 0.4) is 0 Å². The summed E-state index contributed by atoms with van der Waals surface area (Å²) in [5, 5.41) is 2.66. The molecule has 3 amide bonds. The molecule has 1 saturated heterocycles. The summed E-state index contributed by atoms with van der Waals surface area (Å²) >= 11 is 0. The molecule has 0 spiro atoms. The fourth-order valence-electron chi connectivity index (χ4n) is 6.71. The summed E-state index contributed by atoms with van der Waals surface area (Å²) in [6.07, 6.45) is -9.56. The number of hydrogen-bond donors (Lipinski definition) is 1. The highest BCUT2D eigenvalue weighted by Crippen LogP contribution is 2.44. The number of alkyl carbamates (subject to hydrolysis) is 1. The fourth-order valence-corrected chi connectivity index (χ4v) is 7.74. The van der Waals surface area contributed by atoms with Gasteiger partial charge in [0.05, 0.1) is 35.9 Å². The summed E-state index contributed by atoms with van der Waals surface area (Å²) in [6, 6.07) is 11.0. The van der Waals surface area contributed by atoms with Crippen molar-refractivity contribution in [3.63, 3.8) is 0 Å². The van der Waals surface area contributed by atoms with Crippen molar-refractivity contribution >= 4 is 26.4 Å². The normalized spacial score (nSPS) is 18.4.